The lowest BCUT2D eigenvalue weighted by Crippen LogP contribution is -2.54. The Labute approximate surface area is 766 Å². The van der Waals surface area contributed by atoms with Gasteiger partial charge in [0.15, 0.2) is 0 Å². The maximum Gasteiger partial charge on any atom is 0.305 e. The predicted molar refractivity (Wildman–Crippen MR) is 494 cm³/mol. The third-order valence-corrected chi connectivity index (χ3v) is 23.6. The number of primary amides is 1. The highest BCUT2D eigenvalue weighted by atomic mass is 16.5. The van der Waals surface area contributed by atoms with Crippen molar-refractivity contribution in [3.63, 3.8) is 0 Å². The van der Waals surface area contributed by atoms with Gasteiger partial charge in [-0.1, -0.05) is 243 Å². The second-order valence-corrected chi connectivity index (χ2v) is 32.4. The molecular weight excluding hydrogens is 1670 g/mol. The lowest BCUT2D eigenvalue weighted by atomic mass is 10.0. The molecule has 8 aromatic rings. The van der Waals surface area contributed by atoms with Gasteiger partial charge >= 0.3 is 11.9 Å². The smallest absolute Gasteiger partial charge is 0.305 e. The summed E-state index contributed by atoms with van der Waals surface area (Å²) in [6.45, 7) is 5.14. The molecule has 8 aromatic carbocycles. The number of amides is 12. The van der Waals surface area contributed by atoms with Crippen molar-refractivity contribution in [3.05, 3.63) is 287 Å². The van der Waals surface area contributed by atoms with Gasteiger partial charge in [0.25, 0.3) is 0 Å². The maximum atomic E-state index is 15.9. The highest BCUT2D eigenvalue weighted by Gasteiger charge is 2.40. The average Bonchev–Trinajstić information content (AvgIpc) is 1.55. The van der Waals surface area contributed by atoms with E-state index in [1.165, 1.54) is 51.2 Å². The quantitative estimate of drug-likeness (QED) is 0.0222. The normalized spacial score (nSPS) is 12.9. The molecule has 0 aliphatic heterocycles. The summed E-state index contributed by atoms with van der Waals surface area (Å²) in [6.07, 6.45) is -1.18. The molecule has 12 amide bonds. The van der Waals surface area contributed by atoms with Gasteiger partial charge in [0.05, 0.1) is 101 Å². The number of ether oxygens (including phenoxy) is 1. The van der Waals surface area contributed by atoms with Gasteiger partial charge in [-0.3, -0.25) is 67.1 Å². The molecule has 7 N–H and O–H groups in total. The molecular formula is C100H124N14O17. The van der Waals surface area contributed by atoms with Crippen LogP contribution in [0.2, 0.25) is 0 Å². The molecule has 8 atom stereocenters. The molecule has 696 valence electrons. The first-order valence-electron chi connectivity index (χ1n) is 44.0. The largest absolute Gasteiger partial charge is 0.481 e. The maximum absolute atomic E-state index is 15.9. The minimum Gasteiger partial charge on any atom is -0.481 e. The van der Waals surface area contributed by atoms with Gasteiger partial charge in [0.2, 0.25) is 70.9 Å². The standard InChI is InChI=1S/C100H124N14O17/c1-71(79-35-18-10-19-36-79)107(60-87(102)115)95(123)68-112(76(6)84-45-28-15-29-46-84)93(121)62-105(56-51-99(127)128)91(119)66-111(75(5)83-43-26-14-27-44-83)98(126)69-113(77(7)85-47-30-16-31-48-85)92(120)61-104(55-34-53-101)89(117)64-109(73(3)81-39-22-12-23-40-81)97(125)70-114(78(8)86-49-32-17-33-50-86)94(122)63-106(57-52-100(129)130)90(118)65-110(74(4)82-41-24-13-25-42-82)96(124)67-108(88(116)59-103-54-58-131-9)72(2)80-37-20-11-21-38-80/h10-33,35-50,71-78,103H,34,51-70,101H2,1-9H3,(H2,102,115)(H,127,128)(H,129,130)/t71-,72-,73-,74-,75-,76-,77-,78-/m0/s1. The van der Waals surface area contributed by atoms with Crippen molar-refractivity contribution in [2.45, 2.75) is 123 Å². The Bertz CT molecular complexity index is 5010. The molecule has 31 nitrogen and oxygen atoms in total. The number of carbonyl (C=O) groups excluding carboxylic acids is 12. The second kappa shape index (κ2) is 52.0. The van der Waals surface area contributed by atoms with E-state index in [0.717, 1.165) is 15.4 Å². The molecule has 0 heterocycles. The molecule has 131 heavy (non-hydrogen) atoms. The van der Waals surface area contributed by atoms with Crippen LogP contribution in [0.25, 0.3) is 0 Å². The second-order valence-electron chi connectivity index (χ2n) is 32.4. The predicted octanol–water partition coefficient (Wildman–Crippen LogP) is 9.21. The van der Waals surface area contributed by atoms with E-state index >= 15 is 43.2 Å². The van der Waals surface area contributed by atoms with Crippen LogP contribution in [-0.4, -0.2) is 272 Å². The van der Waals surface area contributed by atoms with Gasteiger partial charge in [-0.2, -0.15) is 0 Å². The topological polar surface area (TPSA) is 388 Å². The van der Waals surface area contributed by atoms with Gasteiger partial charge < -0.3 is 85.6 Å². The number of hydrogen-bond acceptors (Lipinski definition) is 17. The molecule has 31 heteroatoms. The van der Waals surface area contributed by atoms with Crippen LogP contribution in [0.3, 0.4) is 0 Å². The molecule has 0 aliphatic carbocycles. The summed E-state index contributed by atoms with van der Waals surface area (Å²) in [4.78, 5) is 220. The van der Waals surface area contributed by atoms with E-state index in [1.54, 1.807) is 268 Å². The number of benzene rings is 8. The minimum absolute atomic E-state index is 0.0211. The first-order chi connectivity index (χ1) is 62.8. The van der Waals surface area contributed by atoms with Gasteiger partial charge in [0.1, 0.15) is 45.8 Å². The first kappa shape index (κ1) is 103. The van der Waals surface area contributed by atoms with Crippen molar-refractivity contribution in [3.8, 4) is 0 Å². The lowest BCUT2D eigenvalue weighted by molar-refractivity contribution is -0.152. The number of methoxy groups -OCH3 is 1. The van der Waals surface area contributed by atoms with Crippen molar-refractivity contribution < 1.29 is 82.1 Å². The number of rotatable bonds is 52. The van der Waals surface area contributed by atoms with E-state index in [9.17, 15) is 34.2 Å². The van der Waals surface area contributed by atoms with Crippen molar-refractivity contribution in [1.82, 2.24) is 59.2 Å². The fourth-order valence-electron chi connectivity index (χ4n) is 15.5. The van der Waals surface area contributed by atoms with Crippen LogP contribution in [-0.2, 0) is 71.9 Å². The van der Waals surface area contributed by atoms with Gasteiger partial charge in [-0.15, -0.1) is 0 Å². The van der Waals surface area contributed by atoms with Gasteiger partial charge in [0, 0.05) is 33.3 Å². The van der Waals surface area contributed by atoms with Crippen LogP contribution in [0.5, 0.6) is 0 Å². The molecule has 0 aliphatic rings. The van der Waals surface area contributed by atoms with E-state index in [2.05, 4.69) is 5.32 Å². The zero-order valence-electron chi connectivity index (χ0n) is 76.2. The zero-order valence-corrected chi connectivity index (χ0v) is 76.2. The third kappa shape index (κ3) is 30.7. The number of hydrogen-bond donors (Lipinski definition) is 5. The summed E-state index contributed by atoms with van der Waals surface area (Å²) in [7, 11) is 1.53. The number of nitrogens with one attached hydrogen (secondary N) is 1. The van der Waals surface area contributed by atoms with Crippen LogP contribution in [0.1, 0.15) is 167 Å². The molecule has 0 fully saturated rings. The monoisotopic (exact) mass is 1790 g/mol. The summed E-state index contributed by atoms with van der Waals surface area (Å²) >= 11 is 0. The van der Waals surface area contributed by atoms with Crippen molar-refractivity contribution >= 4 is 82.8 Å². The summed E-state index contributed by atoms with van der Waals surface area (Å²) in [5.74, 6) is -11.7. The van der Waals surface area contributed by atoms with E-state index in [4.69, 9.17) is 16.2 Å². The summed E-state index contributed by atoms with van der Waals surface area (Å²) in [5, 5.41) is 23.5. The number of carbonyl (C=O) groups is 14. The highest BCUT2D eigenvalue weighted by Crippen LogP contribution is 2.32. The number of nitrogens with zero attached hydrogens (tertiary/aromatic N) is 11. The SMILES string of the molecule is COCCNCC(=O)N(CC(=O)N(CC(=O)N(CCC(=O)O)CC(=O)N(CC(=O)N(CC(=O)N(CCCN)CC(=O)N(CC(=O)N(CC(=O)N(CCC(=O)O)CC(=O)N(CC(=O)N(CC(N)=O)[C@@H](C)c1ccccc1)[C@@H](C)c1ccccc1)[C@@H](C)c1ccccc1)[C@@H](C)c1ccccc1)[C@@H](C)c1ccccc1)[C@@H](C)c1ccccc1)[C@@H](C)c1ccccc1)[C@@H](C)c1ccccc1. The van der Waals surface area contributed by atoms with Crippen LogP contribution in [0.15, 0.2) is 243 Å². The molecule has 0 spiro atoms. The number of nitrogens with two attached hydrogens (primary N) is 2. The first-order valence-corrected chi connectivity index (χ1v) is 44.0. The Hall–Kier alpha value is -13.8. The molecule has 8 rings (SSSR count). The number of carboxylic acid groups (broad SMARTS) is 2. The summed E-state index contributed by atoms with van der Waals surface area (Å²) < 4.78 is 5.19. The van der Waals surface area contributed by atoms with Crippen LogP contribution < -0.4 is 16.8 Å². The Morgan fingerprint density at radius 1 is 0.282 bits per heavy atom. The molecule has 0 unspecified atom stereocenters. The Morgan fingerprint density at radius 2 is 0.473 bits per heavy atom. The third-order valence-electron chi connectivity index (χ3n) is 23.6. The van der Waals surface area contributed by atoms with E-state index < -0.39 is 229 Å². The highest BCUT2D eigenvalue weighted by molar-refractivity contribution is 5.96. The average molecular weight is 1790 g/mol. The van der Waals surface area contributed by atoms with E-state index in [0.29, 0.717) is 52.1 Å². The minimum atomic E-state index is -1.33. The van der Waals surface area contributed by atoms with E-state index in [-0.39, 0.29) is 26.1 Å². The number of aliphatic carboxylic acids is 2. The van der Waals surface area contributed by atoms with E-state index in [1.807, 2.05) is 30.3 Å². The Balaban J connectivity index is 1.11. The van der Waals surface area contributed by atoms with Crippen molar-refractivity contribution in [1.29, 1.82) is 0 Å². The Kier molecular flexibility index (Phi) is 40.7. The van der Waals surface area contributed by atoms with Crippen LogP contribution in [0, 0.1) is 0 Å². The van der Waals surface area contributed by atoms with Crippen molar-refractivity contribution in [2.75, 3.05) is 125 Å². The fourth-order valence-corrected chi connectivity index (χ4v) is 15.5. The molecule has 0 saturated heterocycles. The van der Waals surface area contributed by atoms with Crippen molar-refractivity contribution in [2.24, 2.45) is 11.5 Å². The van der Waals surface area contributed by atoms with Gasteiger partial charge in [-0.05, 0) is 113 Å². The molecule has 0 saturated carbocycles. The molecule has 0 radical (unpaired) electrons. The molecule has 0 aromatic heterocycles. The van der Waals surface area contributed by atoms with Crippen LogP contribution in [0.4, 0.5) is 0 Å². The Morgan fingerprint density at radius 3 is 0.672 bits per heavy atom. The molecule has 0 bridgehead atoms. The van der Waals surface area contributed by atoms with Crippen LogP contribution >= 0.6 is 0 Å². The fraction of sp³-hybridized carbons (Fsp3) is 0.380. The lowest BCUT2D eigenvalue weighted by Gasteiger charge is -2.38. The summed E-state index contributed by atoms with van der Waals surface area (Å²) in [6, 6.07) is 63.4. The zero-order chi connectivity index (χ0) is 95.2. The van der Waals surface area contributed by atoms with Gasteiger partial charge in [-0.25, -0.2) is 0 Å². The summed E-state index contributed by atoms with van der Waals surface area (Å²) in [5.41, 5.74) is 16.7. The number of carboxylic acids is 2.